The van der Waals surface area contributed by atoms with Gasteiger partial charge in [-0.05, 0) is 96.4 Å². The molecule has 0 bridgehead atoms. The van der Waals surface area contributed by atoms with E-state index in [0.29, 0.717) is 76.9 Å². The van der Waals surface area contributed by atoms with Crippen LogP contribution in [0.2, 0.25) is 10.0 Å². The van der Waals surface area contributed by atoms with Gasteiger partial charge in [-0.3, -0.25) is 24.4 Å². The van der Waals surface area contributed by atoms with E-state index in [1.165, 1.54) is 0 Å². The molecule has 2 heterocycles. The number of benzene rings is 6. The molecule has 13 nitrogen and oxygen atoms in total. The fraction of sp³-hybridized carbons (Fsp3) is 0.151. The van der Waals surface area contributed by atoms with Crippen LogP contribution in [0.3, 0.4) is 0 Å². The predicted octanol–water partition coefficient (Wildman–Crippen LogP) is 9.87. The molecule has 8 rings (SSSR count). The number of pyridine rings is 2. The number of para-hydroxylation sites is 2. The molecule has 0 aliphatic rings. The van der Waals surface area contributed by atoms with E-state index in [2.05, 4.69) is 20.6 Å². The summed E-state index contributed by atoms with van der Waals surface area (Å²) in [6.07, 6.45) is 3.21. The van der Waals surface area contributed by atoms with Crippen LogP contribution in [0.1, 0.15) is 46.8 Å². The summed E-state index contributed by atoms with van der Waals surface area (Å²) in [5.41, 5.74) is 3.52. The number of nitrogens with one attached hydrogen (secondary N) is 2. The number of phenols is 2. The Kier molecular flexibility index (Phi) is 16.3. The van der Waals surface area contributed by atoms with Gasteiger partial charge >= 0.3 is 5.97 Å². The second-order valence-corrected chi connectivity index (χ2v) is 15.9. The average molecular weight is 954 g/mol. The van der Waals surface area contributed by atoms with Crippen LogP contribution in [-0.4, -0.2) is 64.9 Å². The lowest BCUT2D eigenvalue weighted by molar-refractivity contribution is -0.142. The van der Waals surface area contributed by atoms with Crippen molar-refractivity contribution >= 4 is 62.8 Å². The van der Waals surface area contributed by atoms with Crippen molar-refractivity contribution in [3.05, 3.63) is 196 Å². The first-order chi connectivity index (χ1) is 33.0. The number of methoxy groups -OCH3 is 1. The Bertz CT molecular complexity index is 3030. The van der Waals surface area contributed by atoms with Gasteiger partial charge in [-0.2, -0.15) is 0 Å². The normalized spacial score (nSPS) is 11.6. The standard InChI is InChI=1S/C28H25ClN2O5.C25H21ClN2O4/c1-2-35-25(33)15-18-8-6-9-19(14-18)26(31-24(32)17-36-20-10-4-3-5-11-20)22-16-23(29)21-12-7-13-30-27(21)28(22)34;1-31-18-10-5-7-16(13-18)23(28-22(29)15-32-17-8-3-2-4-9-17)20-14-21(26)19-11-6-12-27-24(19)25(20)30/h3-14,16,26,34H,2,15,17H2,1H3,(H,31,32);2-14,23,30H,15H2,1H3,(H,28,29). The molecule has 15 heteroatoms. The van der Waals surface area contributed by atoms with Crippen molar-refractivity contribution in [2.75, 3.05) is 26.9 Å². The summed E-state index contributed by atoms with van der Waals surface area (Å²) < 4.78 is 21.6. The van der Waals surface area contributed by atoms with Crippen molar-refractivity contribution in [2.24, 2.45) is 0 Å². The zero-order chi connectivity index (χ0) is 48.0. The van der Waals surface area contributed by atoms with Gasteiger partial charge in [-0.15, -0.1) is 0 Å². The van der Waals surface area contributed by atoms with Crippen LogP contribution in [0.25, 0.3) is 21.8 Å². The Morgan fingerprint density at radius 3 is 1.54 bits per heavy atom. The third-order valence-corrected chi connectivity index (χ3v) is 11.1. The second-order valence-electron chi connectivity index (χ2n) is 15.1. The summed E-state index contributed by atoms with van der Waals surface area (Å²) in [6, 6.07) is 41.2. The molecule has 0 radical (unpaired) electrons. The number of phenolic OH excluding ortho intramolecular Hbond substituents is 2. The monoisotopic (exact) mass is 952 g/mol. The predicted molar refractivity (Wildman–Crippen MR) is 260 cm³/mol. The lowest BCUT2D eigenvalue weighted by atomic mass is 9.94. The smallest absolute Gasteiger partial charge is 0.310 e. The van der Waals surface area contributed by atoms with Crippen LogP contribution in [0.15, 0.2) is 158 Å². The largest absolute Gasteiger partial charge is 0.505 e. The number of hydrogen-bond donors (Lipinski definition) is 4. The molecule has 6 aromatic carbocycles. The van der Waals surface area contributed by atoms with Crippen LogP contribution in [0, 0.1) is 0 Å². The molecule has 0 saturated heterocycles. The van der Waals surface area contributed by atoms with E-state index in [-0.39, 0.29) is 49.6 Å². The quantitative estimate of drug-likeness (QED) is 0.0678. The van der Waals surface area contributed by atoms with Gasteiger partial charge in [0.05, 0.1) is 42.3 Å². The van der Waals surface area contributed by atoms with Crippen molar-refractivity contribution in [3.63, 3.8) is 0 Å². The number of aromatic hydroxyl groups is 2. The summed E-state index contributed by atoms with van der Waals surface area (Å²) in [4.78, 5) is 46.3. The van der Waals surface area contributed by atoms with E-state index >= 15 is 0 Å². The van der Waals surface area contributed by atoms with Gasteiger partial charge in [0.25, 0.3) is 11.8 Å². The first kappa shape index (κ1) is 48.1. The molecule has 2 unspecified atom stereocenters. The molecule has 68 heavy (non-hydrogen) atoms. The highest BCUT2D eigenvalue weighted by molar-refractivity contribution is 6.36. The molecule has 2 aromatic heterocycles. The topological polar surface area (TPSA) is 178 Å². The minimum absolute atomic E-state index is 0.0536. The van der Waals surface area contributed by atoms with Gasteiger partial charge in [-0.1, -0.05) is 96.0 Å². The number of hydrogen-bond acceptors (Lipinski definition) is 11. The summed E-state index contributed by atoms with van der Waals surface area (Å²) in [6.45, 7) is 1.61. The maximum atomic E-state index is 12.9. The van der Waals surface area contributed by atoms with Gasteiger partial charge in [0.15, 0.2) is 13.2 Å². The first-order valence-electron chi connectivity index (χ1n) is 21.4. The van der Waals surface area contributed by atoms with E-state index in [9.17, 15) is 24.6 Å². The Morgan fingerprint density at radius 1 is 0.588 bits per heavy atom. The number of halogens is 2. The van der Waals surface area contributed by atoms with E-state index < -0.39 is 18.0 Å². The van der Waals surface area contributed by atoms with Crippen LogP contribution >= 0.6 is 23.2 Å². The summed E-state index contributed by atoms with van der Waals surface area (Å²) in [7, 11) is 1.56. The van der Waals surface area contributed by atoms with E-state index in [1.807, 2.05) is 48.5 Å². The lowest BCUT2D eigenvalue weighted by Crippen LogP contribution is -2.33. The molecule has 0 saturated carbocycles. The highest BCUT2D eigenvalue weighted by atomic mass is 35.5. The molecule has 8 aromatic rings. The zero-order valence-electron chi connectivity index (χ0n) is 36.9. The van der Waals surface area contributed by atoms with Crippen LogP contribution in [-0.2, 0) is 25.5 Å². The fourth-order valence-electron chi connectivity index (χ4n) is 7.35. The minimum atomic E-state index is -0.789. The molecule has 0 aliphatic heterocycles. The Morgan fingerprint density at radius 2 is 1.06 bits per heavy atom. The molecule has 0 fully saturated rings. The van der Waals surface area contributed by atoms with Gasteiger partial charge in [-0.25, -0.2) is 0 Å². The molecule has 0 spiro atoms. The van der Waals surface area contributed by atoms with Crippen LogP contribution in [0.5, 0.6) is 28.7 Å². The van der Waals surface area contributed by atoms with Crippen molar-refractivity contribution in [2.45, 2.75) is 25.4 Å². The SMILES string of the molecule is CCOC(=O)Cc1cccc(C(NC(=O)COc2ccccc2)c2cc(Cl)c3cccnc3c2O)c1.COc1cccc(C(NC(=O)COc2ccccc2)c2cc(Cl)c3cccnc3c2O)c1. The van der Waals surface area contributed by atoms with E-state index in [1.54, 1.807) is 123 Å². The average Bonchev–Trinajstić information content (AvgIpc) is 3.37. The van der Waals surface area contributed by atoms with Crippen molar-refractivity contribution in [1.29, 1.82) is 0 Å². The maximum absolute atomic E-state index is 12.9. The number of amides is 2. The zero-order valence-corrected chi connectivity index (χ0v) is 38.4. The van der Waals surface area contributed by atoms with Crippen molar-refractivity contribution in [1.82, 2.24) is 20.6 Å². The molecular formula is C53H46Cl2N4O9. The number of esters is 1. The van der Waals surface area contributed by atoms with Gasteiger partial charge < -0.3 is 39.8 Å². The van der Waals surface area contributed by atoms with Crippen molar-refractivity contribution < 1.29 is 43.5 Å². The summed E-state index contributed by atoms with van der Waals surface area (Å²) >= 11 is 13.0. The van der Waals surface area contributed by atoms with Crippen LogP contribution < -0.4 is 24.8 Å². The minimum Gasteiger partial charge on any atom is -0.505 e. The third-order valence-electron chi connectivity index (χ3n) is 10.5. The Balaban J connectivity index is 0.000000203. The number of aromatic nitrogens is 2. The Hall–Kier alpha value is -7.87. The number of fused-ring (bicyclic) bond motifs is 2. The number of nitrogens with zero attached hydrogens (tertiary/aromatic N) is 2. The first-order valence-corrected chi connectivity index (χ1v) is 22.1. The summed E-state index contributed by atoms with van der Waals surface area (Å²) in [5.74, 6) is 0.485. The highest BCUT2D eigenvalue weighted by Gasteiger charge is 2.26. The van der Waals surface area contributed by atoms with E-state index in [4.69, 9.17) is 42.1 Å². The number of carbonyl (C=O) groups excluding carboxylic acids is 3. The molecule has 2 amide bonds. The molecule has 2 atom stereocenters. The molecule has 0 aliphatic carbocycles. The fourth-order valence-corrected chi connectivity index (χ4v) is 7.89. The highest BCUT2D eigenvalue weighted by Crippen LogP contribution is 2.40. The molecular weight excluding hydrogens is 908 g/mol. The van der Waals surface area contributed by atoms with E-state index in [0.717, 1.165) is 0 Å². The van der Waals surface area contributed by atoms with Gasteiger partial charge in [0.1, 0.15) is 39.8 Å². The van der Waals surface area contributed by atoms with Gasteiger partial charge in [0, 0.05) is 34.3 Å². The maximum Gasteiger partial charge on any atom is 0.310 e. The number of rotatable bonds is 16. The molecule has 346 valence electrons. The lowest BCUT2D eigenvalue weighted by Gasteiger charge is -2.22. The summed E-state index contributed by atoms with van der Waals surface area (Å²) in [5, 5.41) is 30.0. The second kappa shape index (κ2) is 23.0. The number of carbonyl (C=O) groups is 3. The van der Waals surface area contributed by atoms with Gasteiger partial charge in [0.2, 0.25) is 0 Å². The molecule has 4 N–H and O–H groups in total. The van der Waals surface area contributed by atoms with Crippen molar-refractivity contribution in [3.8, 4) is 28.7 Å². The number of ether oxygens (including phenoxy) is 4. The third kappa shape index (κ3) is 12.1. The Labute approximate surface area is 402 Å². The van der Waals surface area contributed by atoms with Crippen LogP contribution in [0.4, 0.5) is 0 Å².